The van der Waals surface area contributed by atoms with Crippen molar-refractivity contribution in [1.29, 1.82) is 0 Å². The summed E-state index contributed by atoms with van der Waals surface area (Å²) < 4.78 is 0. The van der Waals surface area contributed by atoms with Gasteiger partial charge in [-0.1, -0.05) is 108 Å². The molecule has 0 nitrogen and oxygen atoms in total. The van der Waals surface area contributed by atoms with Crippen LogP contribution in [0.2, 0.25) is 0 Å². The molecule has 24 heavy (non-hydrogen) atoms. The van der Waals surface area contributed by atoms with Gasteiger partial charge in [0.05, 0.1) is 0 Å². The molecule has 0 amide bonds. The topological polar surface area (TPSA) is 0 Å². The number of allylic oxidation sites excluding steroid dienone is 1. The monoisotopic (exact) mass is 325 g/mol. The number of benzene rings is 3. The summed E-state index contributed by atoms with van der Waals surface area (Å²) in [5.74, 6) is 0.537. The molecule has 0 saturated carbocycles. The van der Waals surface area contributed by atoms with Gasteiger partial charge in [0.2, 0.25) is 0 Å². The minimum Gasteiger partial charge on any atom is -0.0655 e. The predicted molar refractivity (Wildman–Crippen MR) is 106 cm³/mol. The van der Waals surface area contributed by atoms with Crippen molar-refractivity contribution in [2.75, 3.05) is 0 Å². The number of rotatable bonds is 3. The van der Waals surface area contributed by atoms with Crippen LogP contribution in [-0.2, 0) is 0 Å². The van der Waals surface area contributed by atoms with Gasteiger partial charge in [0.15, 0.2) is 8.80 Å². The minimum atomic E-state index is -0.992. The standard InChI is InChI=1S/C23H21Si/c1-17-16-22-21(18(17)2)14-9-15-23(22)24(19-10-5-3-6-11-19)20-12-7-4-8-13-20/h3-16,18H,1-2H3. The van der Waals surface area contributed by atoms with Gasteiger partial charge in [0.1, 0.15) is 0 Å². The summed E-state index contributed by atoms with van der Waals surface area (Å²) in [7, 11) is -0.992. The molecule has 1 aliphatic rings. The van der Waals surface area contributed by atoms with Gasteiger partial charge in [-0.2, -0.15) is 0 Å². The smallest absolute Gasteiger partial charge is 0.0655 e. The fourth-order valence-electron chi connectivity index (χ4n) is 3.63. The summed E-state index contributed by atoms with van der Waals surface area (Å²) in [6.07, 6.45) is 2.41. The van der Waals surface area contributed by atoms with Crippen molar-refractivity contribution < 1.29 is 0 Å². The van der Waals surface area contributed by atoms with Crippen molar-refractivity contribution >= 4 is 30.4 Å². The molecule has 1 radical (unpaired) electrons. The molecule has 0 aromatic heterocycles. The molecule has 0 saturated heterocycles. The first kappa shape index (κ1) is 15.2. The van der Waals surface area contributed by atoms with E-state index in [2.05, 4.69) is 98.8 Å². The second-order valence-electron chi connectivity index (χ2n) is 6.53. The van der Waals surface area contributed by atoms with Gasteiger partial charge in [-0.15, -0.1) is 0 Å². The van der Waals surface area contributed by atoms with E-state index >= 15 is 0 Å². The zero-order valence-corrected chi connectivity index (χ0v) is 15.2. The maximum Gasteiger partial charge on any atom is 0.155 e. The van der Waals surface area contributed by atoms with E-state index in [1.807, 2.05) is 0 Å². The quantitative estimate of drug-likeness (QED) is 0.508. The molecule has 117 valence electrons. The van der Waals surface area contributed by atoms with E-state index < -0.39 is 8.80 Å². The average Bonchev–Trinajstić information content (AvgIpc) is 2.93. The van der Waals surface area contributed by atoms with Gasteiger partial charge in [0.25, 0.3) is 0 Å². The Morgan fingerprint density at radius 1 is 0.708 bits per heavy atom. The van der Waals surface area contributed by atoms with E-state index in [0.29, 0.717) is 5.92 Å². The summed E-state index contributed by atoms with van der Waals surface area (Å²) in [6.45, 7) is 4.57. The molecule has 0 aliphatic heterocycles. The summed E-state index contributed by atoms with van der Waals surface area (Å²) in [5.41, 5.74) is 4.42. The molecule has 3 aromatic rings. The predicted octanol–water partition coefficient (Wildman–Crippen LogP) is 3.72. The van der Waals surface area contributed by atoms with Gasteiger partial charge < -0.3 is 0 Å². The SMILES string of the molecule is CC1=Cc2c(cccc2[Si](c2ccccc2)c2ccccc2)C1C. The normalized spacial score (nSPS) is 16.1. The Kier molecular flexibility index (Phi) is 3.95. The highest BCUT2D eigenvalue weighted by molar-refractivity contribution is 6.96. The van der Waals surface area contributed by atoms with E-state index in [1.54, 1.807) is 0 Å². The van der Waals surface area contributed by atoms with Crippen LogP contribution in [0.5, 0.6) is 0 Å². The van der Waals surface area contributed by atoms with Gasteiger partial charge in [0, 0.05) is 5.92 Å². The second-order valence-corrected chi connectivity index (χ2v) is 8.97. The highest BCUT2D eigenvalue weighted by Crippen LogP contribution is 2.34. The van der Waals surface area contributed by atoms with Crippen LogP contribution in [0, 0.1) is 0 Å². The molecular weight excluding hydrogens is 304 g/mol. The summed E-state index contributed by atoms with van der Waals surface area (Å²) in [5, 5.41) is 4.42. The average molecular weight is 326 g/mol. The Bertz CT molecular complexity index is 839. The number of hydrogen-bond acceptors (Lipinski definition) is 0. The van der Waals surface area contributed by atoms with Crippen molar-refractivity contribution in [3.63, 3.8) is 0 Å². The zero-order chi connectivity index (χ0) is 16.5. The van der Waals surface area contributed by atoms with E-state index in [0.717, 1.165) is 0 Å². The Morgan fingerprint density at radius 3 is 1.88 bits per heavy atom. The Hall–Kier alpha value is -2.38. The second kappa shape index (κ2) is 6.25. The Morgan fingerprint density at radius 2 is 1.29 bits per heavy atom. The van der Waals surface area contributed by atoms with Crippen LogP contribution in [0.1, 0.15) is 30.9 Å². The first-order chi connectivity index (χ1) is 11.8. The molecule has 0 spiro atoms. The summed E-state index contributed by atoms with van der Waals surface area (Å²) in [6, 6.07) is 28.9. The van der Waals surface area contributed by atoms with Gasteiger partial charge in [-0.3, -0.25) is 0 Å². The lowest BCUT2D eigenvalue weighted by Gasteiger charge is -2.20. The minimum absolute atomic E-state index is 0.537. The van der Waals surface area contributed by atoms with Crippen LogP contribution in [0.3, 0.4) is 0 Å². The van der Waals surface area contributed by atoms with Gasteiger partial charge in [-0.05, 0) is 23.2 Å². The third-order valence-electron chi connectivity index (χ3n) is 5.06. The summed E-state index contributed by atoms with van der Waals surface area (Å²) in [4.78, 5) is 0. The number of fused-ring (bicyclic) bond motifs is 1. The van der Waals surface area contributed by atoms with E-state index in [-0.39, 0.29) is 0 Å². The molecule has 0 heterocycles. The molecule has 1 atom stereocenters. The van der Waals surface area contributed by atoms with Crippen molar-refractivity contribution in [2.24, 2.45) is 0 Å². The molecular formula is C23H21Si. The summed E-state index contributed by atoms with van der Waals surface area (Å²) >= 11 is 0. The molecule has 0 fully saturated rings. The fraction of sp³-hybridized carbons (Fsp3) is 0.130. The zero-order valence-electron chi connectivity index (χ0n) is 14.2. The molecule has 0 bridgehead atoms. The molecule has 4 rings (SSSR count). The first-order valence-electron chi connectivity index (χ1n) is 8.55. The van der Waals surface area contributed by atoms with Crippen LogP contribution in [0.4, 0.5) is 0 Å². The maximum absolute atomic E-state index is 2.41. The first-order valence-corrected chi connectivity index (χ1v) is 10.0. The van der Waals surface area contributed by atoms with Crippen LogP contribution in [0.25, 0.3) is 6.08 Å². The molecule has 3 aromatic carbocycles. The van der Waals surface area contributed by atoms with Crippen LogP contribution >= 0.6 is 0 Å². The molecule has 1 unspecified atom stereocenters. The third-order valence-corrected chi connectivity index (χ3v) is 7.85. The highest BCUT2D eigenvalue weighted by Gasteiger charge is 2.27. The Balaban J connectivity index is 1.94. The van der Waals surface area contributed by atoms with Crippen molar-refractivity contribution in [3.8, 4) is 0 Å². The van der Waals surface area contributed by atoms with Gasteiger partial charge >= 0.3 is 0 Å². The van der Waals surface area contributed by atoms with Gasteiger partial charge in [-0.25, -0.2) is 0 Å². The van der Waals surface area contributed by atoms with E-state index in [4.69, 9.17) is 0 Å². The van der Waals surface area contributed by atoms with Crippen molar-refractivity contribution in [2.45, 2.75) is 19.8 Å². The van der Waals surface area contributed by atoms with Crippen molar-refractivity contribution in [3.05, 3.63) is 95.6 Å². The fourth-order valence-corrected chi connectivity index (χ4v) is 6.38. The number of hydrogen-bond donors (Lipinski definition) is 0. The third kappa shape index (κ3) is 2.55. The molecule has 0 N–H and O–H groups in total. The largest absolute Gasteiger partial charge is 0.155 e. The Labute approximate surface area is 146 Å². The van der Waals surface area contributed by atoms with E-state index in [9.17, 15) is 0 Å². The molecule has 1 aliphatic carbocycles. The molecule has 1 heteroatoms. The van der Waals surface area contributed by atoms with Crippen LogP contribution in [-0.4, -0.2) is 8.80 Å². The highest BCUT2D eigenvalue weighted by atomic mass is 28.3. The van der Waals surface area contributed by atoms with Crippen LogP contribution < -0.4 is 15.6 Å². The van der Waals surface area contributed by atoms with Crippen molar-refractivity contribution in [1.82, 2.24) is 0 Å². The van der Waals surface area contributed by atoms with Crippen LogP contribution in [0.15, 0.2) is 84.4 Å². The van der Waals surface area contributed by atoms with E-state index in [1.165, 1.54) is 32.3 Å². The lowest BCUT2D eigenvalue weighted by Crippen LogP contribution is -2.52. The maximum atomic E-state index is 2.41. The lowest BCUT2D eigenvalue weighted by molar-refractivity contribution is 0.922. The lowest BCUT2D eigenvalue weighted by atomic mass is 9.99.